The van der Waals surface area contributed by atoms with Gasteiger partial charge < -0.3 is 9.84 Å². The maximum absolute atomic E-state index is 9.39. The zero-order valence-corrected chi connectivity index (χ0v) is 15.4. The van der Waals surface area contributed by atoms with E-state index in [0.29, 0.717) is 16.7 Å². The minimum Gasteiger partial charge on any atom is -0.396 e. The van der Waals surface area contributed by atoms with E-state index in [9.17, 15) is 5.11 Å². The molecule has 0 radical (unpaired) electrons. The SMILES string of the molecule is CC1(C)CCC[C@]2(C)[C@H]3CC[C@](C)(CCO)O[C@]3(C)CC[C@@H]12. The van der Waals surface area contributed by atoms with E-state index in [1.807, 2.05) is 0 Å². The number of fused-ring (bicyclic) bond motifs is 3. The maximum Gasteiger partial charge on any atom is 0.0695 e. The first-order valence-corrected chi connectivity index (χ1v) is 9.46. The molecule has 22 heavy (non-hydrogen) atoms. The molecule has 0 aromatic heterocycles. The highest BCUT2D eigenvalue weighted by molar-refractivity contribution is 5.10. The number of hydrogen-bond acceptors (Lipinski definition) is 2. The van der Waals surface area contributed by atoms with E-state index in [0.717, 1.165) is 18.8 Å². The average Bonchev–Trinajstić information content (AvgIpc) is 2.36. The van der Waals surface area contributed by atoms with Gasteiger partial charge in [-0.15, -0.1) is 0 Å². The molecule has 0 amide bonds. The summed E-state index contributed by atoms with van der Waals surface area (Å²) >= 11 is 0. The molecule has 2 saturated carbocycles. The monoisotopic (exact) mass is 308 g/mol. The number of rotatable bonds is 2. The van der Waals surface area contributed by atoms with Crippen LogP contribution >= 0.6 is 0 Å². The third kappa shape index (κ3) is 2.45. The second-order valence-corrected chi connectivity index (χ2v) is 9.87. The fraction of sp³-hybridized carbons (Fsp3) is 1.00. The van der Waals surface area contributed by atoms with Gasteiger partial charge >= 0.3 is 0 Å². The Morgan fingerprint density at radius 2 is 1.59 bits per heavy atom. The Morgan fingerprint density at radius 3 is 2.27 bits per heavy atom. The molecule has 2 heteroatoms. The van der Waals surface area contributed by atoms with Crippen LogP contribution in [0.15, 0.2) is 0 Å². The lowest BCUT2D eigenvalue weighted by Gasteiger charge is -2.65. The van der Waals surface area contributed by atoms with Gasteiger partial charge in [-0.2, -0.15) is 0 Å². The van der Waals surface area contributed by atoms with E-state index in [2.05, 4.69) is 34.6 Å². The van der Waals surface area contributed by atoms with E-state index >= 15 is 0 Å². The van der Waals surface area contributed by atoms with Gasteiger partial charge in [0.05, 0.1) is 11.2 Å². The summed E-state index contributed by atoms with van der Waals surface area (Å²) in [6, 6.07) is 0. The number of aliphatic hydroxyl groups is 1. The highest BCUT2D eigenvalue weighted by atomic mass is 16.5. The summed E-state index contributed by atoms with van der Waals surface area (Å²) in [6.07, 6.45) is 9.81. The van der Waals surface area contributed by atoms with Crippen molar-refractivity contribution in [3.63, 3.8) is 0 Å². The smallest absolute Gasteiger partial charge is 0.0695 e. The molecule has 1 N–H and O–H groups in total. The lowest BCUT2D eigenvalue weighted by molar-refractivity contribution is -0.267. The first kappa shape index (κ1) is 16.8. The largest absolute Gasteiger partial charge is 0.396 e. The van der Waals surface area contributed by atoms with Crippen LogP contribution in [0.1, 0.15) is 86.0 Å². The fourth-order valence-corrected chi connectivity index (χ4v) is 6.84. The van der Waals surface area contributed by atoms with Crippen molar-refractivity contribution in [3.05, 3.63) is 0 Å². The molecule has 0 aromatic rings. The number of aliphatic hydroxyl groups excluding tert-OH is 1. The Bertz CT molecular complexity index is 431. The first-order valence-electron chi connectivity index (χ1n) is 9.46. The summed E-state index contributed by atoms with van der Waals surface area (Å²) in [6.45, 7) is 12.4. The molecule has 0 spiro atoms. The van der Waals surface area contributed by atoms with Gasteiger partial charge in [0.15, 0.2) is 0 Å². The third-order valence-electron chi connectivity index (χ3n) is 7.82. The number of ether oxygens (including phenoxy) is 1. The molecule has 1 aliphatic heterocycles. The van der Waals surface area contributed by atoms with E-state index in [1.165, 1.54) is 38.5 Å². The number of hydrogen-bond donors (Lipinski definition) is 1. The average molecular weight is 309 g/mol. The van der Waals surface area contributed by atoms with Crippen LogP contribution < -0.4 is 0 Å². The molecule has 3 fully saturated rings. The molecule has 3 rings (SSSR count). The van der Waals surface area contributed by atoms with Crippen LogP contribution in [0.5, 0.6) is 0 Å². The molecule has 3 aliphatic rings. The van der Waals surface area contributed by atoms with Crippen LogP contribution in [0, 0.1) is 22.7 Å². The highest BCUT2D eigenvalue weighted by Crippen LogP contribution is 2.65. The van der Waals surface area contributed by atoms with Gasteiger partial charge in [0, 0.05) is 6.61 Å². The lowest BCUT2D eigenvalue weighted by atomic mass is 9.44. The standard InChI is InChI=1S/C20H36O2/c1-17(2)9-6-10-19(4)15(17)8-12-20(5)16(19)7-11-18(3,22-20)13-14-21/h15-16,21H,6-14H2,1-5H3/t15-,16+,18+,19-,20+/m0/s1. The van der Waals surface area contributed by atoms with Crippen molar-refractivity contribution in [2.75, 3.05) is 6.61 Å². The minimum absolute atomic E-state index is 0.0147. The Balaban J connectivity index is 1.89. The van der Waals surface area contributed by atoms with Crippen LogP contribution in [0.4, 0.5) is 0 Å². The molecule has 2 aliphatic carbocycles. The Hall–Kier alpha value is -0.0800. The Morgan fingerprint density at radius 1 is 0.909 bits per heavy atom. The topological polar surface area (TPSA) is 29.5 Å². The van der Waals surface area contributed by atoms with Gasteiger partial charge in [-0.3, -0.25) is 0 Å². The predicted octanol–water partition coefficient (Wildman–Crippen LogP) is 4.94. The second kappa shape index (κ2) is 5.21. The predicted molar refractivity (Wildman–Crippen MR) is 90.8 cm³/mol. The van der Waals surface area contributed by atoms with Gasteiger partial charge in [0.1, 0.15) is 0 Å². The lowest BCUT2D eigenvalue weighted by Crippen LogP contribution is -2.62. The molecular weight excluding hydrogens is 272 g/mol. The summed E-state index contributed by atoms with van der Waals surface area (Å²) in [5.74, 6) is 1.53. The van der Waals surface area contributed by atoms with Gasteiger partial charge in [-0.05, 0) is 81.5 Å². The van der Waals surface area contributed by atoms with Crippen molar-refractivity contribution < 1.29 is 9.84 Å². The minimum atomic E-state index is -0.118. The summed E-state index contributed by atoms with van der Waals surface area (Å²) in [5, 5.41) is 9.39. The van der Waals surface area contributed by atoms with Crippen molar-refractivity contribution >= 4 is 0 Å². The zero-order chi connectivity index (χ0) is 16.2. The quantitative estimate of drug-likeness (QED) is 0.783. The van der Waals surface area contributed by atoms with Gasteiger partial charge in [-0.1, -0.05) is 27.2 Å². The second-order valence-electron chi connectivity index (χ2n) is 9.87. The molecule has 128 valence electrons. The molecule has 2 nitrogen and oxygen atoms in total. The molecule has 0 bridgehead atoms. The van der Waals surface area contributed by atoms with Crippen molar-refractivity contribution in [1.82, 2.24) is 0 Å². The molecule has 5 atom stereocenters. The van der Waals surface area contributed by atoms with Crippen LogP contribution in [0.25, 0.3) is 0 Å². The van der Waals surface area contributed by atoms with E-state index in [-0.39, 0.29) is 17.8 Å². The first-order chi connectivity index (χ1) is 10.2. The molecule has 1 saturated heterocycles. The Labute approximate surface area is 137 Å². The highest BCUT2D eigenvalue weighted by Gasteiger charge is 2.61. The Kier molecular flexibility index (Phi) is 3.97. The maximum atomic E-state index is 9.39. The van der Waals surface area contributed by atoms with Gasteiger partial charge in [-0.25, -0.2) is 0 Å². The van der Waals surface area contributed by atoms with Crippen LogP contribution in [0.3, 0.4) is 0 Å². The fourth-order valence-electron chi connectivity index (χ4n) is 6.84. The third-order valence-corrected chi connectivity index (χ3v) is 7.82. The summed E-state index contributed by atoms with van der Waals surface area (Å²) in [7, 11) is 0. The van der Waals surface area contributed by atoms with Crippen molar-refractivity contribution in [2.24, 2.45) is 22.7 Å². The summed E-state index contributed by atoms with van der Waals surface area (Å²) in [4.78, 5) is 0. The van der Waals surface area contributed by atoms with Crippen molar-refractivity contribution in [3.8, 4) is 0 Å². The van der Waals surface area contributed by atoms with Gasteiger partial charge in [0.25, 0.3) is 0 Å². The summed E-state index contributed by atoms with van der Waals surface area (Å²) < 4.78 is 6.73. The van der Waals surface area contributed by atoms with E-state index in [1.54, 1.807) is 0 Å². The van der Waals surface area contributed by atoms with Gasteiger partial charge in [0.2, 0.25) is 0 Å². The van der Waals surface area contributed by atoms with Crippen molar-refractivity contribution in [2.45, 2.75) is 97.2 Å². The van der Waals surface area contributed by atoms with Crippen LogP contribution in [0.2, 0.25) is 0 Å². The van der Waals surface area contributed by atoms with E-state index < -0.39 is 0 Å². The van der Waals surface area contributed by atoms with Crippen LogP contribution in [-0.4, -0.2) is 22.9 Å². The zero-order valence-electron chi connectivity index (χ0n) is 15.4. The van der Waals surface area contributed by atoms with Crippen LogP contribution in [-0.2, 0) is 4.74 Å². The molecular formula is C20H36O2. The molecule has 0 unspecified atom stereocenters. The summed E-state index contributed by atoms with van der Waals surface area (Å²) in [5.41, 5.74) is 0.823. The molecule has 0 aromatic carbocycles. The van der Waals surface area contributed by atoms with E-state index in [4.69, 9.17) is 4.74 Å². The normalized spacial score (nSPS) is 51.0. The molecule has 1 heterocycles. The van der Waals surface area contributed by atoms with Crippen molar-refractivity contribution in [1.29, 1.82) is 0 Å².